The van der Waals surface area contributed by atoms with Crippen LogP contribution in [0.15, 0.2) is 103 Å². The van der Waals surface area contributed by atoms with Crippen molar-refractivity contribution >= 4 is 29.5 Å². The summed E-state index contributed by atoms with van der Waals surface area (Å²) in [6, 6.07) is 30.8. The quantitative estimate of drug-likeness (QED) is 0.160. The predicted octanol–water partition coefficient (Wildman–Crippen LogP) is 5.92. The summed E-state index contributed by atoms with van der Waals surface area (Å²) in [4.78, 5) is 41.8. The molecule has 0 aliphatic carbocycles. The van der Waals surface area contributed by atoms with Gasteiger partial charge in [-0.1, -0.05) is 103 Å². The molecule has 3 fully saturated rings. The number of rotatable bonds is 11. The van der Waals surface area contributed by atoms with Gasteiger partial charge in [-0.3, -0.25) is 14.5 Å². The maximum atomic E-state index is 13.1. The van der Waals surface area contributed by atoms with E-state index in [9.17, 15) is 24.6 Å². The number of aliphatic hydroxyl groups is 2. The molecule has 3 saturated heterocycles. The average molecular weight is 754 g/mol. The molecule has 282 valence electrons. The molecule has 3 amide bonds. The monoisotopic (exact) mass is 753 g/mol. The van der Waals surface area contributed by atoms with Crippen molar-refractivity contribution in [3.63, 3.8) is 0 Å². The highest BCUT2D eigenvalue weighted by Gasteiger charge is 2.40. The highest BCUT2D eigenvalue weighted by Crippen LogP contribution is 2.39. The molecule has 11 nitrogen and oxygen atoms in total. The van der Waals surface area contributed by atoms with Crippen LogP contribution in [-0.4, -0.2) is 69.7 Å². The fourth-order valence-electron chi connectivity index (χ4n) is 7.31. The fraction of sp³-hybridized carbons (Fsp3) is 0.357. The van der Waals surface area contributed by atoms with Gasteiger partial charge in [-0.05, 0) is 52.8 Å². The van der Waals surface area contributed by atoms with E-state index < -0.39 is 29.9 Å². The number of ether oxygens (including phenoxy) is 3. The largest absolute Gasteiger partial charge is 0.445 e. The number of alkyl carbamates (subject to hydrolysis) is 1. The second kappa shape index (κ2) is 16.8. The minimum atomic E-state index is -0.990. The zero-order valence-electron chi connectivity index (χ0n) is 29.8. The van der Waals surface area contributed by atoms with Crippen molar-refractivity contribution in [3.05, 3.63) is 142 Å². The van der Waals surface area contributed by atoms with Crippen LogP contribution >= 0.6 is 11.6 Å². The summed E-state index contributed by atoms with van der Waals surface area (Å²) in [5.41, 5.74) is 4.10. The Kier molecular flexibility index (Phi) is 11.7. The van der Waals surface area contributed by atoms with Crippen molar-refractivity contribution < 1.29 is 38.8 Å². The van der Waals surface area contributed by atoms with Crippen LogP contribution in [0.3, 0.4) is 0 Å². The second-order valence-electron chi connectivity index (χ2n) is 14.2. The molecule has 12 heteroatoms. The number of piperidine rings is 1. The molecule has 1 unspecified atom stereocenters. The normalized spacial score (nSPS) is 23.0. The van der Waals surface area contributed by atoms with Gasteiger partial charge >= 0.3 is 6.09 Å². The zero-order chi connectivity index (χ0) is 37.7. The first-order valence-electron chi connectivity index (χ1n) is 18.3. The highest BCUT2D eigenvalue weighted by atomic mass is 35.5. The SMILES string of the molecule is O=C(NC1CC(=O)N(Cc2ccc([C@@H]3O[C@H](CN4CCC(O)(c5ccc(Cl)cc5)CC4)C[C@H](c4ccc(CO)cc4)O3)cc2)C1=O)OCc1ccccc1. The van der Waals surface area contributed by atoms with Gasteiger partial charge < -0.3 is 34.6 Å². The Morgan fingerprint density at radius 3 is 2.20 bits per heavy atom. The Bertz CT molecular complexity index is 1900. The number of benzene rings is 4. The summed E-state index contributed by atoms with van der Waals surface area (Å²) in [5, 5.41) is 24.2. The van der Waals surface area contributed by atoms with E-state index in [1.54, 1.807) is 0 Å². The Morgan fingerprint density at radius 1 is 0.852 bits per heavy atom. The first-order chi connectivity index (χ1) is 26.2. The van der Waals surface area contributed by atoms with Crippen molar-refractivity contribution in [1.82, 2.24) is 15.1 Å². The molecule has 4 aromatic carbocycles. The number of nitrogens with zero attached hydrogens (tertiary/aromatic N) is 2. The van der Waals surface area contributed by atoms with Crippen molar-refractivity contribution in [2.24, 2.45) is 0 Å². The first kappa shape index (κ1) is 37.7. The number of halogens is 1. The van der Waals surface area contributed by atoms with Gasteiger partial charge in [-0.2, -0.15) is 0 Å². The number of carbonyl (C=O) groups is 3. The lowest BCUT2D eigenvalue weighted by Gasteiger charge is -2.42. The number of hydrogen-bond donors (Lipinski definition) is 3. The van der Waals surface area contributed by atoms with Crippen LogP contribution in [-0.2, 0) is 49.2 Å². The van der Waals surface area contributed by atoms with Crippen molar-refractivity contribution in [2.45, 2.75) is 75.6 Å². The van der Waals surface area contributed by atoms with Gasteiger partial charge in [0.2, 0.25) is 5.91 Å². The van der Waals surface area contributed by atoms with Crippen LogP contribution in [0.5, 0.6) is 0 Å². The smallest absolute Gasteiger partial charge is 0.408 e. The summed E-state index contributed by atoms with van der Waals surface area (Å²) in [6.07, 6.45) is -0.208. The third-order valence-electron chi connectivity index (χ3n) is 10.5. The molecule has 3 aliphatic heterocycles. The van der Waals surface area contributed by atoms with Gasteiger partial charge in [0.1, 0.15) is 12.6 Å². The molecular weight excluding hydrogens is 710 g/mol. The molecule has 7 rings (SSSR count). The first-order valence-corrected chi connectivity index (χ1v) is 18.7. The van der Waals surface area contributed by atoms with Crippen molar-refractivity contribution in [2.75, 3.05) is 19.6 Å². The number of nitrogens with one attached hydrogen (secondary N) is 1. The molecule has 0 saturated carbocycles. The minimum Gasteiger partial charge on any atom is -0.445 e. The number of aliphatic hydroxyl groups excluding tert-OH is 1. The van der Waals surface area contributed by atoms with Gasteiger partial charge in [-0.25, -0.2) is 4.79 Å². The van der Waals surface area contributed by atoms with Crippen molar-refractivity contribution in [3.8, 4) is 0 Å². The number of likely N-dealkylation sites (tertiary alicyclic amines) is 2. The average Bonchev–Trinajstić information content (AvgIpc) is 3.45. The van der Waals surface area contributed by atoms with Crippen LogP contribution in [0.25, 0.3) is 0 Å². The molecular formula is C42H44ClN3O8. The highest BCUT2D eigenvalue weighted by molar-refractivity contribution is 6.30. The Labute approximate surface area is 319 Å². The van der Waals surface area contributed by atoms with E-state index in [1.807, 2.05) is 103 Å². The maximum Gasteiger partial charge on any atom is 0.408 e. The lowest BCUT2D eigenvalue weighted by Crippen LogP contribution is -2.46. The molecule has 0 bridgehead atoms. The van der Waals surface area contributed by atoms with E-state index in [-0.39, 0.29) is 44.3 Å². The molecule has 0 aromatic heterocycles. The standard InChI is InChI=1S/C42H44ClN3O8/c43-34-16-14-33(15-17-34)42(51)18-20-45(21-19-42)25-35-22-37(31-10-8-29(26-47)9-11-31)54-40(53-35)32-12-6-28(7-13-32)24-46-38(48)23-36(39(46)49)44-41(50)52-27-30-4-2-1-3-5-30/h1-17,35-37,40,47,51H,18-27H2,(H,44,50)/t35-,36?,37+,40+/m0/s1. The number of imide groups is 1. The van der Waals surface area contributed by atoms with Crippen LogP contribution < -0.4 is 5.32 Å². The van der Waals surface area contributed by atoms with Gasteiger partial charge in [0, 0.05) is 36.6 Å². The maximum absolute atomic E-state index is 13.1. The molecule has 3 aliphatic rings. The van der Waals surface area contributed by atoms with E-state index >= 15 is 0 Å². The lowest BCUT2D eigenvalue weighted by atomic mass is 9.84. The Hall–Kier alpha value is -4.62. The Morgan fingerprint density at radius 2 is 1.52 bits per heavy atom. The summed E-state index contributed by atoms with van der Waals surface area (Å²) in [6.45, 7) is 2.13. The number of amides is 3. The van der Waals surface area contributed by atoms with Crippen molar-refractivity contribution in [1.29, 1.82) is 0 Å². The molecule has 3 N–H and O–H groups in total. The third-order valence-corrected chi connectivity index (χ3v) is 10.7. The van der Waals surface area contributed by atoms with Crippen LogP contribution in [0.1, 0.15) is 71.5 Å². The fourth-order valence-corrected chi connectivity index (χ4v) is 7.43. The van der Waals surface area contributed by atoms with E-state index in [1.165, 1.54) is 0 Å². The van der Waals surface area contributed by atoms with Gasteiger partial charge in [0.25, 0.3) is 5.91 Å². The molecule has 4 aromatic rings. The van der Waals surface area contributed by atoms with E-state index in [0.29, 0.717) is 43.9 Å². The lowest BCUT2D eigenvalue weighted by molar-refractivity contribution is -0.253. The predicted molar refractivity (Wildman–Crippen MR) is 200 cm³/mol. The van der Waals surface area contributed by atoms with Crippen LogP contribution in [0.4, 0.5) is 4.79 Å². The number of carbonyl (C=O) groups excluding carboxylic acids is 3. The third kappa shape index (κ3) is 9.01. The van der Waals surface area contributed by atoms with E-state index in [4.69, 9.17) is 25.8 Å². The molecule has 0 spiro atoms. The summed E-state index contributed by atoms with van der Waals surface area (Å²) >= 11 is 6.08. The van der Waals surface area contributed by atoms with Gasteiger partial charge in [0.05, 0.1) is 37.4 Å². The molecule has 3 heterocycles. The minimum absolute atomic E-state index is 0.0447. The van der Waals surface area contributed by atoms with Crippen LogP contribution in [0.2, 0.25) is 5.02 Å². The molecule has 4 atom stereocenters. The topological polar surface area (TPSA) is 138 Å². The summed E-state index contributed by atoms with van der Waals surface area (Å²) in [5.74, 6) is -0.861. The number of hydrogen-bond acceptors (Lipinski definition) is 9. The summed E-state index contributed by atoms with van der Waals surface area (Å²) < 4.78 is 18.4. The van der Waals surface area contributed by atoms with Crippen LogP contribution in [0, 0.1) is 0 Å². The molecule has 54 heavy (non-hydrogen) atoms. The Balaban J connectivity index is 0.981. The molecule has 0 radical (unpaired) electrons. The zero-order valence-corrected chi connectivity index (χ0v) is 30.6. The summed E-state index contributed by atoms with van der Waals surface area (Å²) in [7, 11) is 0. The van der Waals surface area contributed by atoms with Gasteiger partial charge in [0.15, 0.2) is 6.29 Å². The van der Waals surface area contributed by atoms with E-state index in [2.05, 4.69) is 10.2 Å². The van der Waals surface area contributed by atoms with Gasteiger partial charge in [-0.15, -0.1) is 0 Å². The van der Waals surface area contributed by atoms with E-state index in [0.717, 1.165) is 38.3 Å². The second-order valence-corrected chi connectivity index (χ2v) is 14.6.